The van der Waals surface area contributed by atoms with Gasteiger partial charge in [-0.05, 0) is 67.3 Å². The van der Waals surface area contributed by atoms with Crippen LogP contribution in [0.1, 0.15) is 36.5 Å². The molecule has 0 radical (unpaired) electrons. The highest BCUT2D eigenvalue weighted by Crippen LogP contribution is 2.36. The minimum absolute atomic E-state index is 0.0600. The Kier molecular flexibility index (Phi) is 8.59. The highest BCUT2D eigenvalue weighted by atomic mass is 32.2. The Labute approximate surface area is 239 Å². The maximum Gasteiger partial charge on any atom is 0.266 e. The van der Waals surface area contributed by atoms with Crippen molar-refractivity contribution in [3.05, 3.63) is 107 Å². The summed E-state index contributed by atoms with van der Waals surface area (Å²) in [6.07, 6.45) is 6.77. The van der Waals surface area contributed by atoms with Crippen molar-refractivity contribution in [2.45, 2.75) is 33.1 Å². The number of hydrogen-bond acceptors (Lipinski definition) is 5. The quantitative estimate of drug-likeness (QED) is 0.116. The van der Waals surface area contributed by atoms with E-state index in [1.165, 1.54) is 17.3 Å². The third-order valence-electron chi connectivity index (χ3n) is 6.59. The zero-order chi connectivity index (χ0) is 27.2. The van der Waals surface area contributed by atoms with Crippen molar-refractivity contribution in [1.29, 1.82) is 0 Å². The lowest BCUT2D eigenvalue weighted by atomic mass is 10.0. The minimum Gasteiger partial charge on any atom is -0.493 e. The SMILES string of the molecule is CCCCOc1ccc(-c2nn(-c3ccccc3)cc2C=C2SC(=S)N(CCc3ccccc3)C2=O)cc1C. The van der Waals surface area contributed by atoms with Gasteiger partial charge in [0.05, 0.1) is 17.2 Å². The number of carbonyl (C=O) groups excluding carboxylic acids is 1. The van der Waals surface area contributed by atoms with Crippen LogP contribution in [0, 0.1) is 6.92 Å². The van der Waals surface area contributed by atoms with Crippen LogP contribution in [0.5, 0.6) is 5.75 Å². The molecule has 1 aliphatic rings. The van der Waals surface area contributed by atoms with Gasteiger partial charge in [-0.15, -0.1) is 0 Å². The van der Waals surface area contributed by atoms with Crippen LogP contribution in [0.3, 0.4) is 0 Å². The third-order valence-corrected chi connectivity index (χ3v) is 7.97. The van der Waals surface area contributed by atoms with Crippen molar-refractivity contribution < 1.29 is 9.53 Å². The van der Waals surface area contributed by atoms with E-state index in [1.807, 2.05) is 77.6 Å². The van der Waals surface area contributed by atoms with Crippen LogP contribution in [0.15, 0.2) is 90.0 Å². The molecule has 1 amide bonds. The number of benzene rings is 3. The van der Waals surface area contributed by atoms with Crippen molar-refractivity contribution >= 4 is 40.3 Å². The molecule has 198 valence electrons. The Morgan fingerprint density at radius 2 is 1.77 bits per heavy atom. The summed E-state index contributed by atoms with van der Waals surface area (Å²) in [7, 11) is 0. The summed E-state index contributed by atoms with van der Waals surface area (Å²) in [6.45, 7) is 5.47. The molecule has 1 fully saturated rings. The van der Waals surface area contributed by atoms with Crippen LogP contribution < -0.4 is 4.74 Å². The van der Waals surface area contributed by atoms with Gasteiger partial charge in [0.15, 0.2) is 0 Å². The van der Waals surface area contributed by atoms with E-state index in [1.54, 1.807) is 4.90 Å². The van der Waals surface area contributed by atoms with Gasteiger partial charge in [0.25, 0.3) is 5.91 Å². The number of ether oxygens (including phenoxy) is 1. The highest BCUT2D eigenvalue weighted by molar-refractivity contribution is 8.26. The van der Waals surface area contributed by atoms with E-state index in [9.17, 15) is 4.79 Å². The zero-order valence-corrected chi connectivity index (χ0v) is 23.8. The smallest absolute Gasteiger partial charge is 0.266 e. The molecule has 5 rings (SSSR count). The molecule has 1 aliphatic heterocycles. The Balaban J connectivity index is 1.45. The second kappa shape index (κ2) is 12.5. The lowest BCUT2D eigenvalue weighted by molar-refractivity contribution is -0.122. The predicted octanol–water partition coefficient (Wildman–Crippen LogP) is 7.47. The first-order valence-electron chi connectivity index (χ1n) is 13.2. The van der Waals surface area contributed by atoms with Crippen LogP contribution >= 0.6 is 24.0 Å². The van der Waals surface area contributed by atoms with Gasteiger partial charge in [-0.2, -0.15) is 5.10 Å². The number of rotatable bonds is 10. The molecule has 0 saturated carbocycles. The molecule has 0 unspecified atom stereocenters. The molecular formula is C32H31N3O2S2. The molecule has 1 saturated heterocycles. The van der Waals surface area contributed by atoms with Crippen LogP contribution in [-0.4, -0.2) is 38.1 Å². The number of amides is 1. The maximum absolute atomic E-state index is 13.4. The first-order valence-corrected chi connectivity index (χ1v) is 14.4. The number of aromatic nitrogens is 2. The van der Waals surface area contributed by atoms with Crippen molar-refractivity contribution in [3.8, 4) is 22.7 Å². The van der Waals surface area contributed by atoms with Gasteiger partial charge < -0.3 is 4.74 Å². The molecule has 0 N–H and O–H groups in total. The Hall–Kier alpha value is -3.68. The second-order valence-corrected chi connectivity index (χ2v) is 11.1. The van der Waals surface area contributed by atoms with E-state index in [-0.39, 0.29) is 5.91 Å². The van der Waals surface area contributed by atoms with E-state index in [0.717, 1.165) is 53.1 Å². The lowest BCUT2D eigenvalue weighted by Gasteiger charge is -2.14. The summed E-state index contributed by atoms with van der Waals surface area (Å²) in [5.74, 6) is 0.825. The Bertz CT molecular complexity index is 1500. The monoisotopic (exact) mass is 553 g/mol. The van der Waals surface area contributed by atoms with Crippen LogP contribution in [0.4, 0.5) is 0 Å². The number of nitrogens with zero attached hydrogens (tertiary/aromatic N) is 3. The molecule has 0 bridgehead atoms. The summed E-state index contributed by atoms with van der Waals surface area (Å²) in [5.41, 5.74) is 5.81. The minimum atomic E-state index is -0.0600. The van der Waals surface area contributed by atoms with Gasteiger partial charge in [0.1, 0.15) is 15.8 Å². The average Bonchev–Trinajstić information content (AvgIpc) is 3.49. The van der Waals surface area contributed by atoms with E-state index in [4.69, 9.17) is 22.1 Å². The van der Waals surface area contributed by atoms with Gasteiger partial charge in [0.2, 0.25) is 0 Å². The average molecular weight is 554 g/mol. The lowest BCUT2D eigenvalue weighted by Crippen LogP contribution is -2.30. The van der Waals surface area contributed by atoms with E-state index in [0.29, 0.717) is 22.4 Å². The highest BCUT2D eigenvalue weighted by Gasteiger charge is 2.32. The van der Waals surface area contributed by atoms with Crippen LogP contribution in [-0.2, 0) is 11.2 Å². The summed E-state index contributed by atoms with van der Waals surface area (Å²) in [4.78, 5) is 15.7. The number of aryl methyl sites for hydroxylation is 1. The molecule has 0 spiro atoms. The van der Waals surface area contributed by atoms with Gasteiger partial charge >= 0.3 is 0 Å². The van der Waals surface area contributed by atoms with Crippen LogP contribution in [0.2, 0.25) is 0 Å². The molecule has 4 aromatic rings. The first kappa shape index (κ1) is 26.9. The number of hydrogen-bond donors (Lipinski definition) is 0. The molecule has 2 heterocycles. The standard InChI is InChI=1S/C32H31N3O2S2/c1-3-4-19-37-28-16-15-25(20-23(28)2)30-26(22-35(33-30)27-13-9-6-10-14-27)21-29-31(36)34(32(38)39-29)18-17-24-11-7-5-8-12-24/h5-16,20-22H,3-4,17-19H2,1-2H3. The van der Waals surface area contributed by atoms with Gasteiger partial charge in [-0.1, -0.05) is 85.9 Å². The third kappa shape index (κ3) is 6.32. The van der Waals surface area contributed by atoms with Gasteiger partial charge in [-0.25, -0.2) is 4.68 Å². The molecule has 5 nitrogen and oxygen atoms in total. The number of carbonyl (C=O) groups is 1. The molecule has 0 atom stereocenters. The summed E-state index contributed by atoms with van der Waals surface area (Å²) < 4.78 is 8.41. The fourth-order valence-corrected chi connectivity index (χ4v) is 5.73. The largest absolute Gasteiger partial charge is 0.493 e. The number of unbranched alkanes of at least 4 members (excludes halogenated alkanes) is 1. The second-order valence-electron chi connectivity index (χ2n) is 9.46. The van der Waals surface area contributed by atoms with E-state index < -0.39 is 0 Å². The first-order chi connectivity index (χ1) is 19.0. The number of para-hydroxylation sites is 1. The zero-order valence-electron chi connectivity index (χ0n) is 22.2. The molecule has 0 aliphatic carbocycles. The Morgan fingerprint density at radius 3 is 2.49 bits per heavy atom. The molecule has 3 aromatic carbocycles. The summed E-state index contributed by atoms with van der Waals surface area (Å²) in [6, 6.07) is 26.3. The number of thiocarbonyl (C=S) groups is 1. The fourth-order valence-electron chi connectivity index (χ4n) is 4.43. The summed E-state index contributed by atoms with van der Waals surface area (Å²) >= 11 is 6.95. The van der Waals surface area contributed by atoms with Crippen molar-refractivity contribution in [1.82, 2.24) is 14.7 Å². The predicted molar refractivity (Wildman–Crippen MR) is 164 cm³/mol. The molecule has 7 heteroatoms. The molecule has 39 heavy (non-hydrogen) atoms. The van der Waals surface area contributed by atoms with Gasteiger partial charge in [0, 0.05) is 23.9 Å². The fraction of sp³-hybridized carbons (Fsp3) is 0.219. The molecular weight excluding hydrogens is 523 g/mol. The van der Waals surface area contributed by atoms with Crippen LogP contribution in [0.25, 0.3) is 23.0 Å². The van der Waals surface area contributed by atoms with E-state index >= 15 is 0 Å². The summed E-state index contributed by atoms with van der Waals surface area (Å²) in [5, 5.41) is 4.94. The Morgan fingerprint density at radius 1 is 1.03 bits per heavy atom. The topological polar surface area (TPSA) is 47.4 Å². The normalized spacial score (nSPS) is 14.4. The maximum atomic E-state index is 13.4. The number of thioether (sulfide) groups is 1. The van der Waals surface area contributed by atoms with Crippen molar-refractivity contribution in [2.24, 2.45) is 0 Å². The van der Waals surface area contributed by atoms with E-state index in [2.05, 4.69) is 32.0 Å². The van der Waals surface area contributed by atoms with Crippen molar-refractivity contribution in [3.63, 3.8) is 0 Å². The van der Waals surface area contributed by atoms with Gasteiger partial charge in [-0.3, -0.25) is 9.69 Å². The van der Waals surface area contributed by atoms with Crippen molar-refractivity contribution in [2.75, 3.05) is 13.2 Å². The molecule has 1 aromatic heterocycles.